The van der Waals surface area contributed by atoms with E-state index < -0.39 is 0 Å². The van der Waals surface area contributed by atoms with Crippen molar-refractivity contribution in [2.24, 2.45) is 16.7 Å². The zero-order valence-corrected chi connectivity index (χ0v) is 8.05. The topological polar surface area (TPSA) is 17.1 Å². The number of ketones is 1. The third kappa shape index (κ3) is 1.03. The average Bonchev–Trinajstić information content (AvgIpc) is 2.58. The van der Waals surface area contributed by atoms with Crippen LogP contribution in [0, 0.1) is 16.7 Å². The van der Waals surface area contributed by atoms with Gasteiger partial charge in [0.25, 0.3) is 0 Å². The van der Waals surface area contributed by atoms with Crippen molar-refractivity contribution < 1.29 is 4.79 Å². The largest absolute Gasteiger partial charge is 0.299 e. The smallest absolute Gasteiger partial charge is 0.140 e. The Morgan fingerprint density at radius 3 is 2.75 bits per heavy atom. The van der Waals surface area contributed by atoms with Crippen molar-refractivity contribution in [2.75, 3.05) is 0 Å². The Morgan fingerprint density at radius 2 is 2.08 bits per heavy atom. The Bertz CT molecular complexity index is 262. The van der Waals surface area contributed by atoms with Gasteiger partial charge in [-0.3, -0.25) is 4.79 Å². The number of carbonyl (C=O) groups excluding carboxylic acids is 1. The third-order valence-electron chi connectivity index (χ3n) is 3.34. The standard InChI is InChI=1S/C11H16O/c1-10(2)5-4-8-6-11(8,3)9(12)7-10/h4-5,8H,6-7H2,1-3H3/t8-,11-/m1/s1. The normalized spacial score (nSPS) is 43.6. The molecule has 0 saturated heterocycles. The molecule has 0 unspecified atom stereocenters. The molecule has 0 spiro atoms. The van der Waals surface area contributed by atoms with Crippen LogP contribution in [-0.2, 0) is 4.79 Å². The minimum absolute atomic E-state index is 0.0181. The molecule has 2 atom stereocenters. The zero-order chi connectivity index (χ0) is 8.98. The van der Waals surface area contributed by atoms with Crippen molar-refractivity contribution in [1.29, 1.82) is 0 Å². The van der Waals surface area contributed by atoms with Crippen molar-refractivity contribution in [3.63, 3.8) is 0 Å². The molecule has 0 aromatic rings. The van der Waals surface area contributed by atoms with Gasteiger partial charge < -0.3 is 0 Å². The third-order valence-corrected chi connectivity index (χ3v) is 3.34. The Hall–Kier alpha value is -0.590. The maximum atomic E-state index is 11.8. The van der Waals surface area contributed by atoms with E-state index in [2.05, 4.69) is 32.9 Å². The molecule has 0 heterocycles. The quantitative estimate of drug-likeness (QED) is 0.503. The maximum absolute atomic E-state index is 11.8. The highest BCUT2D eigenvalue weighted by atomic mass is 16.1. The van der Waals surface area contributed by atoms with E-state index in [0.29, 0.717) is 11.7 Å². The molecule has 66 valence electrons. The molecule has 1 heteroatoms. The summed E-state index contributed by atoms with van der Waals surface area (Å²) in [6, 6.07) is 0. The van der Waals surface area contributed by atoms with Crippen molar-refractivity contribution in [2.45, 2.75) is 33.6 Å². The van der Waals surface area contributed by atoms with Gasteiger partial charge in [0.15, 0.2) is 0 Å². The number of carbonyl (C=O) groups is 1. The summed E-state index contributed by atoms with van der Waals surface area (Å²) in [5, 5.41) is 0. The van der Waals surface area contributed by atoms with Crippen molar-refractivity contribution >= 4 is 5.78 Å². The van der Waals surface area contributed by atoms with Crippen LogP contribution < -0.4 is 0 Å². The molecule has 0 aromatic carbocycles. The van der Waals surface area contributed by atoms with Gasteiger partial charge in [-0.05, 0) is 17.8 Å². The van der Waals surface area contributed by atoms with E-state index in [0.717, 1.165) is 12.8 Å². The first-order valence-electron chi connectivity index (χ1n) is 4.67. The zero-order valence-electron chi connectivity index (χ0n) is 8.05. The average molecular weight is 164 g/mol. The second kappa shape index (κ2) is 2.01. The van der Waals surface area contributed by atoms with E-state index in [1.807, 2.05) is 0 Å². The summed E-state index contributed by atoms with van der Waals surface area (Å²) in [5.74, 6) is 1.01. The van der Waals surface area contributed by atoms with E-state index in [9.17, 15) is 4.79 Å². The highest BCUT2D eigenvalue weighted by molar-refractivity contribution is 5.89. The summed E-state index contributed by atoms with van der Waals surface area (Å²) >= 11 is 0. The highest BCUT2D eigenvalue weighted by Gasteiger charge is 2.55. The highest BCUT2D eigenvalue weighted by Crippen LogP contribution is 2.57. The Balaban J connectivity index is 2.29. The summed E-state index contributed by atoms with van der Waals surface area (Å²) < 4.78 is 0. The van der Waals surface area contributed by atoms with Gasteiger partial charge in [-0.25, -0.2) is 0 Å². The molecular weight excluding hydrogens is 148 g/mol. The van der Waals surface area contributed by atoms with Crippen LogP contribution in [0.2, 0.25) is 0 Å². The molecule has 0 N–H and O–H groups in total. The van der Waals surface area contributed by atoms with Gasteiger partial charge >= 0.3 is 0 Å². The van der Waals surface area contributed by atoms with E-state index in [1.165, 1.54) is 0 Å². The fraction of sp³-hybridized carbons (Fsp3) is 0.727. The molecule has 2 aliphatic carbocycles. The van der Waals surface area contributed by atoms with Crippen molar-refractivity contribution in [3.8, 4) is 0 Å². The van der Waals surface area contributed by atoms with Gasteiger partial charge in [0.2, 0.25) is 0 Å². The molecule has 0 bridgehead atoms. The van der Waals surface area contributed by atoms with Crippen LogP contribution in [0.25, 0.3) is 0 Å². The van der Waals surface area contributed by atoms with Crippen LogP contribution in [0.4, 0.5) is 0 Å². The molecule has 0 radical (unpaired) electrons. The van der Waals surface area contributed by atoms with E-state index in [1.54, 1.807) is 0 Å². The lowest BCUT2D eigenvalue weighted by Crippen LogP contribution is -2.19. The van der Waals surface area contributed by atoms with Crippen LogP contribution in [0.3, 0.4) is 0 Å². The molecule has 2 rings (SSSR count). The fourth-order valence-electron chi connectivity index (χ4n) is 2.05. The second-order valence-corrected chi connectivity index (χ2v) is 5.18. The lowest BCUT2D eigenvalue weighted by Gasteiger charge is -2.19. The summed E-state index contributed by atoms with van der Waals surface area (Å²) in [6.07, 6.45) is 6.26. The van der Waals surface area contributed by atoms with Crippen molar-refractivity contribution in [3.05, 3.63) is 12.2 Å². The molecule has 1 saturated carbocycles. The van der Waals surface area contributed by atoms with Gasteiger partial charge in [0, 0.05) is 11.8 Å². The number of Topliss-reactive ketones (excluding diaryl/α,β-unsaturated/α-hetero) is 1. The van der Waals surface area contributed by atoms with Gasteiger partial charge in [0.1, 0.15) is 5.78 Å². The molecule has 2 aliphatic rings. The number of rotatable bonds is 0. The Labute approximate surface area is 73.8 Å². The first-order valence-corrected chi connectivity index (χ1v) is 4.67. The molecule has 0 amide bonds. The Morgan fingerprint density at radius 1 is 1.42 bits per heavy atom. The Kier molecular flexibility index (Phi) is 1.35. The summed E-state index contributed by atoms with van der Waals surface area (Å²) in [4.78, 5) is 11.8. The fourth-order valence-corrected chi connectivity index (χ4v) is 2.05. The molecule has 1 nitrogen and oxygen atoms in total. The number of hydrogen-bond acceptors (Lipinski definition) is 1. The predicted molar refractivity (Wildman–Crippen MR) is 48.8 cm³/mol. The van der Waals surface area contributed by atoms with Crippen LogP contribution in [0.5, 0.6) is 0 Å². The predicted octanol–water partition coefficient (Wildman–Crippen LogP) is 2.57. The SMILES string of the molecule is CC1(C)C=C[C@@H]2C[C@@]2(C)C(=O)C1. The number of hydrogen-bond donors (Lipinski definition) is 0. The van der Waals surface area contributed by atoms with E-state index in [-0.39, 0.29) is 10.8 Å². The van der Waals surface area contributed by atoms with E-state index in [4.69, 9.17) is 0 Å². The molecular formula is C11H16O. The van der Waals surface area contributed by atoms with Gasteiger partial charge in [0.05, 0.1) is 0 Å². The van der Waals surface area contributed by atoms with Crippen LogP contribution in [-0.4, -0.2) is 5.78 Å². The first-order chi connectivity index (χ1) is 5.44. The van der Waals surface area contributed by atoms with Crippen LogP contribution >= 0.6 is 0 Å². The first kappa shape index (κ1) is 8.03. The van der Waals surface area contributed by atoms with Gasteiger partial charge in [-0.1, -0.05) is 32.9 Å². The minimum atomic E-state index is 0.0181. The maximum Gasteiger partial charge on any atom is 0.140 e. The monoisotopic (exact) mass is 164 g/mol. The summed E-state index contributed by atoms with van der Waals surface area (Å²) in [6.45, 7) is 6.37. The molecule has 0 aromatic heterocycles. The van der Waals surface area contributed by atoms with Crippen LogP contribution in [0.15, 0.2) is 12.2 Å². The summed E-state index contributed by atoms with van der Waals surface area (Å²) in [5.41, 5.74) is 0.109. The van der Waals surface area contributed by atoms with Crippen LogP contribution in [0.1, 0.15) is 33.6 Å². The molecule has 12 heavy (non-hydrogen) atoms. The minimum Gasteiger partial charge on any atom is -0.299 e. The summed E-state index contributed by atoms with van der Waals surface area (Å²) in [7, 11) is 0. The van der Waals surface area contributed by atoms with Crippen molar-refractivity contribution in [1.82, 2.24) is 0 Å². The second-order valence-electron chi connectivity index (χ2n) is 5.18. The lowest BCUT2D eigenvalue weighted by atomic mass is 9.84. The van der Waals surface area contributed by atoms with Gasteiger partial charge in [-0.15, -0.1) is 0 Å². The number of fused-ring (bicyclic) bond motifs is 1. The molecule has 1 fully saturated rings. The molecule has 0 aliphatic heterocycles. The lowest BCUT2D eigenvalue weighted by molar-refractivity contribution is -0.125. The van der Waals surface area contributed by atoms with Gasteiger partial charge in [-0.2, -0.15) is 0 Å². The number of allylic oxidation sites excluding steroid dienone is 2. The van der Waals surface area contributed by atoms with E-state index >= 15 is 0 Å².